The number of rotatable bonds is 16. The van der Waals surface area contributed by atoms with E-state index < -0.39 is 23.2 Å². The fourth-order valence-electron chi connectivity index (χ4n) is 2.38. The zero-order chi connectivity index (χ0) is 27.1. The molecule has 0 bridgehead atoms. The molecule has 0 rings (SSSR count). The molecule has 5 heteroatoms. The lowest BCUT2D eigenvalue weighted by molar-refractivity contribution is 0.0686. The molecule has 0 aromatic carbocycles. The molecule has 0 heterocycles. The van der Waals surface area contributed by atoms with Crippen LogP contribution < -0.4 is 0 Å². The van der Waals surface area contributed by atoms with E-state index in [1.807, 2.05) is 19.9 Å². The minimum absolute atomic E-state index is 0.0272. The van der Waals surface area contributed by atoms with Crippen molar-refractivity contribution in [2.75, 3.05) is 6.61 Å². The highest BCUT2D eigenvalue weighted by Gasteiger charge is 2.15. The third-order valence-electron chi connectivity index (χ3n) is 4.76. The summed E-state index contributed by atoms with van der Waals surface area (Å²) in [6.07, 6.45) is 10.2. The molecule has 0 spiro atoms. The SMILES string of the molecule is C=C(/C=C\C(=C)C(=C)/C(F)=C(/F)C(=C)O/C=C\C)C(=C)/C=C(/F)C(=C)/C(C)=C/CC(C)OCCC. The summed E-state index contributed by atoms with van der Waals surface area (Å²) < 4.78 is 53.6. The summed E-state index contributed by atoms with van der Waals surface area (Å²) in [5.74, 6) is -3.59. The Labute approximate surface area is 208 Å². The van der Waals surface area contributed by atoms with E-state index in [4.69, 9.17) is 9.47 Å². The van der Waals surface area contributed by atoms with Crippen molar-refractivity contribution in [3.8, 4) is 0 Å². The molecule has 0 aliphatic rings. The van der Waals surface area contributed by atoms with Gasteiger partial charge >= 0.3 is 0 Å². The Balaban J connectivity index is 5.21. The number of hydrogen-bond donors (Lipinski definition) is 0. The Morgan fingerprint density at radius 1 is 0.886 bits per heavy atom. The Morgan fingerprint density at radius 3 is 2.06 bits per heavy atom. The Kier molecular flexibility index (Phi) is 14.8. The molecule has 0 radical (unpaired) electrons. The second-order valence-corrected chi connectivity index (χ2v) is 7.80. The van der Waals surface area contributed by atoms with Crippen molar-refractivity contribution in [3.05, 3.63) is 133 Å². The van der Waals surface area contributed by atoms with Crippen molar-refractivity contribution in [2.45, 2.75) is 46.6 Å². The predicted octanol–water partition coefficient (Wildman–Crippen LogP) is 9.54. The first kappa shape index (κ1) is 31.7. The number of allylic oxidation sites excluding steroid dienone is 13. The molecule has 0 aromatic heterocycles. The predicted molar refractivity (Wildman–Crippen MR) is 142 cm³/mol. The molecule has 2 nitrogen and oxygen atoms in total. The van der Waals surface area contributed by atoms with Crippen LogP contribution in [0.5, 0.6) is 0 Å². The van der Waals surface area contributed by atoms with E-state index in [9.17, 15) is 13.2 Å². The van der Waals surface area contributed by atoms with E-state index in [0.717, 1.165) is 6.42 Å². The number of hydrogen-bond acceptors (Lipinski definition) is 2. The maximum atomic E-state index is 14.7. The second-order valence-electron chi connectivity index (χ2n) is 7.80. The van der Waals surface area contributed by atoms with Crippen LogP contribution >= 0.6 is 0 Å². The topological polar surface area (TPSA) is 18.5 Å². The zero-order valence-corrected chi connectivity index (χ0v) is 21.4. The molecule has 0 N–H and O–H groups in total. The minimum atomic E-state index is -1.29. The molecule has 0 aromatic rings. The monoisotopic (exact) mass is 486 g/mol. The number of ether oxygens (including phenoxy) is 2. The van der Waals surface area contributed by atoms with Crippen LogP contribution in [0.25, 0.3) is 0 Å². The summed E-state index contributed by atoms with van der Waals surface area (Å²) in [6.45, 7) is 30.0. The third-order valence-corrected chi connectivity index (χ3v) is 4.76. The van der Waals surface area contributed by atoms with Gasteiger partial charge in [0.1, 0.15) is 5.83 Å². The maximum Gasteiger partial charge on any atom is 0.201 e. The van der Waals surface area contributed by atoms with Crippen LogP contribution in [-0.4, -0.2) is 12.7 Å². The van der Waals surface area contributed by atoms with Gasteiger partial charge in [-0.3, -0.25) is 0 Å². The fourth-order valence-corrected chi connectivity index (χ4v) is 2.38. The molecule has 35 heavy (non-hydrogen) atoms. The highest BCUT2D eigenvalue weighted by Crippen LogP contribution is 2.28. The highest BCUT2D eigenvalue weighted by atomic mass is 19.2. The molecule has 0 aliphatic heterocycles. The van der Waals surface area contributed by atoms with E-state index in [2.05, 4.69) is 39.5 Å². The van der Waals surface area contributed by atoms with Gasteiger partial charge in [0.15, 0.2) is 11.6 Å². The first-order chi connectivity index (χ1) is 16.4. The summed E-state index contributed by atoms with van der Waals surface area (Å²) in [6, 6.07) is 0. The van der Waals surface area contributed by atoms with Crippen LogP contribution in [0, 0.1) is 0 Å². The van der Waals surface area contributed by atoms with Crippen LogP contribution in [0.1, 0.15) is 40.5 Å². The molecule has 0 fully saturated rings. The molecule has 1 unspecified atom stereocenters. The van der Waals surface area contributed by atoms with Gasteiger partial charge in [-0.25, -0.2) is 8.78 Å². The lowest BCUT2D eigenvalue weighted by atomic mass is 10.0. The van der Waals surface area contributed by atoms with Crippen molar-refractivity contribution in [3.63, 3.8) is 0 Å². The largest absolute Gasteiger partial charge is 0.463 e. The Hall–Kier alpha value is -3.31. The van der Waals surface area contributed by atoms with Gasteiger partial charge in [0.05, 0.1) is 12.4 Å². The van der Waals surface area contributed by atoms with E-state index in [0.29, 0.717) is 24.2 Å². The summed E-state index contributed by atoms with van der Waals surface area (Å²) in [5.41, 5.74) is 1.32. The molecule has 0 saturated heterocycles. The first-order valence-electron chi connectivity index (χ1n) is 11.2. The van der Waals surface area contributed by atoms with Crippen LogP contribution in [0.4, 0.5) is 13.2 Å². The summed E-state index contributed by atoms with van der Waals surface area (Å²) in [4.78, 5) is 0. The van der Waals surface area contributed by atoms with Crippen molar-refractivity contribution < 1.29 is 22.6 Å². The Morgan fingerprint density at radius 2 is 1.49 bits per heavy atom. The second kappa shape index (κ2) is 16.3. The summed E-state index contributed by atoms with van der Waals surface area (Å²) in [5, 5.41) is 0. The zero-order valence-electron chi connectivity index (χ0n) is 21.4. The first-order valence-corrected chi connectivity index (χ1v) is 11.2. The van der Waals surface area contributed by atoms with Gasteiger partial charge in [-0.1, -0.05) is 70.7 Å². The molecule has 1 atom stereocenters. The average Bonchev–Trinajstić information content (AvgIpc) is 2.85. The van der Waals surface area contributed by atoms with E-state index in [1.165, 1.54) is 30.6 Å². The maximum absolute atomic E-state index is 14.7. The van der Waals surface area contributed by atoms with Gasteiger partial charge in [-0.05, 0) is 62.0 Å². The van der Waals surface area contributed by atoms with Crippen molar-refractivity contribution in [1.29, 1.82) is 0 Å². The molecule has 190 valence electrons. The molecule has 0 aliphatic carbocycles. The van der Waals surface area contributed by atoms with Crippen LogP contribution in [0.3, 0.4) is 0 Å². The van der Waals surface area contributed by atoms with Crippen molar-refractivity contribution >= 4 is 0 Å². The number of halogens is 3. The summed E-state index contributed by atoms with van der Waals surface area (Å²) >= 11 is 0. The van der Waals surface area contributed by atoms with E-state index >= 15 is 0 Å². The quantitative estimate of drug-likeness (QED) is 0.160. The van der Waals surface area contributed by atoms with Crippen LogP contribution in [0.15, 0.2) is 133 Å². The summed E-state index contributed by atoms with van der Waals surface area (Å²) in [7, 11) is 0. The van der Waals surface area contributed by atoms with Gasteiger partial charge in [-0.15, -0.1) is 0 Å². The molecular formula is C30H37F3O2. The molecule has 0 saturated carbocycles. The van der Waals surface area contributed by atoms with Crippen LogP contribution in [-0.2, 0) is 9.47 Å². The van der Waals surface area contributed by atoms with E-state index in [1.54, 1.807) is 13.8 Å². The smallest absolute Gasteiger partial charge is 0.201 e. The lowest BCUT2D eigenvalue weighted by Gasteiger charge is -2.11. The minimum Gasteiger partial charge on any atom is -0.463 e. The van der Waals surface area contributed by atoms with Crippen molar-refractivity contribution in [1.82, 2.24) is 0 Å². The van der Waals surface area contributed by atoms with Gasteiger partial charge < -0.3 is 9.47 Å². The fraction of sp³-hybridized carbons (Fsp3) is 0.267. The van der Waals surface area contributed by atoms with Crippen molar-refractivity contribution in [2.24, 2.45) is 0 Å². The third kappa shape index (κ3) is 11.6. The molecule has 0 amide bonds. The van der Waals surface area contributed by atoms with Gasteiger partial charge in [0.25, 0.3) is 0 Å². The molecular weight excluding hydrogens is 449 g/mol. The lowest BCUT2D eigenvalue weighted by Crippen LogP contribution is -2.07. The normalized spacial score (nSPS) is 14.0. The van der Waals surface area contributed by atoms with Crippen LogP contribution in [0.2, 0.25) is 0 Å². The van der Waals surface area contributed by atoms with Gasteiger partial charge in [0, 0.05) is 17.8 Å². The standard InChI is InChI=1S/C30H37F3O2/c1-11-17-34-24(7)16-15-21(4)25(8)28(31)19-23(6)20(3)13-14-22(5)26(9)29(32)30(33)27(10)35-18-12-2/h12-15,18-19,24H,3,5-6,8-11,16-17H2,1-2,4,7H3/b14-13-,18-12-,21-15+,28-19+,30-29-. The van der Waals surface area contributed by atoms with Gasteiger partial charge in [-0.2, -0.15) is 4.39 Å². The Bertz CT molecular complexity index is 1000. The highest BCUT2D eigenvalue weighted by molar-refractivity contribution is 5.53. The average molecular weight is 487 g/mol. The van der Waals surface area contributed by atoms with Gasteiger partial charge in [0.2, 0.25) is 5.83 Å². The van der Waals surface area contributed by atoms with E-state index in [-0.39, 0.29) is 28.4 Å².